The lowest BCUT2D eigenvalue weighted by molar-refractivity contribution is -0.144. The zero-order valence-electron chi connectivity index (χ0n) is 15.0. The fourth-order valence-corrected chi connectivity index (χ4v) is 2.95. The molecule has 7 heteroatoms. The first-order valence-corrected chi connectivity index (χ1v) is 8.90. The van der Waals surface area contributed by atoms with E-state index in [1.165, 1.54) is 4.90 Å². The second kappa shape index (κ2) is 7.75. The van der Waals surface area contributed by atoms with Crippen LogP contribution in [0.2, 0.25) is 0 Å². The highest BCUT2D eigenvalue weighted by Crippen LogP contribution is 2.23. The number of nitrogens with zero attached hydrogens (tertiary/aromatic N) is 1. The summed E-state index contributed by atoms with van der Waals surface area (Å²) in [5.74, 6) is -0.668. The number of carboxylic acids is 1. The molecule has 0 aliphatic carbocycles. The molecule has 23 heavy (non-hydrogen) atoms. The maximum Gasteiger partial charge on any atom is 0.410 e. The van der Waals surface area contributed by atoms with Crippen LogP contribution in [0, 0.1) is 11.3 Å². The maximum atomic E-state index is 12.2. The van der Waals surface area contributed by atoms with Crippen molar-refractivity contribution in [1.29, 1.82) is 0 Å². The standard InChI is InChI=1S/C16H29NO5S/c1-15(2,3)10-23-22-12-7-11(13(18)19)8-17(9-12)14(20)21-16(4,5)6/h11-12H,7-10H2,1-6H3,(H,18,19)/p+1. The number of ether oxygens (including phenoxy) is 1. The van der Waals surface area contributed by atoms with Gasteiger partial charge >= 0.3 is 12.1 Å². The van der Waals surface area contributed by atoms with Crippen molar-refractivity contribution in [3.8, 4) is 0 Å². The van der Waals surface area contributed by atoms with Crippen molar-refractivity contribution in [3.05, 3.63) is 0 Å². The van der Waals surface area contributed by atoms with E-state index in [0.29, 0.717) is 13.0 Å². The van der Waals surface area contributed by atoms with Crippen LogP contribution in [0.1, 0.15) is 48.0 Å². The second-order valence-electron chi connectivity index (χ2n) is 8.23. The molecule has 1 amide bonds. The number of amides is 1. The molecular weight excluding hydrogens is 318 g/mol. The molecule has 1 heterocycles. The normalized spacial score (nSPS) is 22.8. The van der Waals surface area contributed by atoms with Crippen molar-refractivity contribution < 1.29 is 23.6 Å². The van der Waals surface area contributed by atoms with Gasteiger partial charge in [-0.05, 0) is 27.2 Å². The van der Waals surface area contributed by atoms with Gasteiger partial charge in [0.25, 0.3) is 0 Å². The number of piperidine rings is 1. The topological polar surface area (TPSA) is 76.1 Å². The van der Waals surface area contributed by atoms with Crippen LogP contribution in [0.25, 0.3) is 0 Å². The number of hydrogen-bond acceptors (Lipinski definition) is 4. The van der Waals surface area contributed by atoms with E-state index in [1.807, 2.05) is 0 Å². The van der Waals surface area contributed by atoms with Crippen LogP contribution >= 0.6 is 0 Å². The van der Waals surface area contributed by atoms with E-state index in [0.717, 1.165) is 17.8 Å². The van der Waals surface area contributed by atoms with Crippen molar-refractivity contribution in [2.24, 2.45) is 11.3 Å². The maximum absolute atomic E-state index is 12.2. The molecule has 6 nitrogen and oxygen atoms in total. The summed E-state index contributed by atoms with van der Waals surface area (Å²) >= 11 is 0.817. The van der Waals surface area contributed by atoms with Crippen LogP contribution in [-0.4, -0.2) is 52.6 Å². The Morgan fingerprint density at radius 3 is 2.26 bits per heavy atom. The first kappa shape index (κ1) is 20.1. The molecule has 1 aliphatic heterocycles. The summed E-state index contributed by atoms with van der Waals surface area (Å²) in [6.07, 6.45) is -0.336. The highest BCUT2D eigenvalue weighted by molar-refractivity contribution is 7.73. The van der Waals surface area contributed by atoms with E-state index in [9.17, 15) is 14.7 Å². The molecule has 1 N–H and O–H groups in total. The summed E-state index contributed by atoms with van der Waals surface area (Å²) in [5, 5.41) is 9.31. The van der Waals surface area contributed by atoms with Crippen molar-refractivity contribution in [2.45, 2.75) is 59.7 Å². The fourth-order valence-electron chi connectivity index (χ4n) is 2.12. The summed E-state index contributed by atoms with van der Waals surface area (Å²) in [5.41, 5.74) is -0.457. The molecule has 0 aromatic heterocycles. The molecule has 1 rings (SSSR count). The van der Waals surface area contributed by atoms with Crippen LogP contribution in [0.3, 0.4) is 0 Å². The Kier molecular flexibility index (Phi) is 6.77. The Bertz CT molecular complexity index is 427. The molecule has 2 atom stereocenters. The Hall–Kier alpha value is -0.950. The Morgan fingerprint density at radius 1 is 1.17 bits per heavy atom. The van der Waals surface area contributed by atoms with Crippen LogP contribution in [-0.2, 0) is 25.8 Å². The Labute approximate surface area is 143 Å². The van der Waals surface area contributed by atoms with Crippen LogP contribution in [0.15, 0.2) is 0 Å². The molecule has 0 aromatic carbocycles. The predicted molar refractivity (Wildman–Crippen MR) is 91.5 cm³/mol. The van der Waals surface area contributed by atoms with Gasteiger partial charge < -0.3 is 14.7 Å². The lowest BCUT2D eigenvalue weighted by Crippen LogP contribution is -2.50. The number of carbonyl (C=O) groups is 2. The van der Waals surface area contributed by atoms with Crippen molar-refractivity contribution in [1.82, 2.24) is 4.90 Å². The van der Waals surface area contributed by atoms with Crippen molar-refractivity contribution in [2.75, 3.05) is 18.8 Å². The molecule has 1 aliphatic rings. The van der Waals surface area contributed by atoms with Gasteiger partial charge in [-0.1, -0.05) is 20.8 Å². The summed E-state index contributed by atoms with van der Waals surface area (Å²) < 4.78 is 11.2. The van der Waals surface area contributed by atoms with Gasteiger partial charge in [0, 0.05) is 12.0 Å². The molecule has 2 unspecified atom stereocenters. The van der Waals surface area contributed by atoms with E-state index in [4.69, 9.17) is 8.92 Å². The third kappa shape index (κ3) is 7.92. The first-order chi connectivity index (χ1) is 10.4. The fraction of sp³-hybridized carbons (Fsp3) is 0.875. The quantitative estimate of drug-likeness (QED) is 0.624. The molecule has 1 fully saturated rings. The third-order valence-electron chi connectivity index (χ3n) is 3.18. The van der Waals surface area contributed by atoms with E-state index >= 15 is 0 Å². The minimum Gasteiger partial charge on any atom is -0.481 e. The lowest BCUT2D eigenvalue weighted by atomic mass is 9.96. The molecule has 0 radical (unpaired) electrons. The van der Waals surface area contributed by atoms with E-state index in [-0.39, 0.29) is 18.1 Å². The number of rotatable bonds is 4. The smallest absolute Gasteiger partial charge is 0.410 e. The highest BCUT2D eigenvalue weighted by Gasteiger charge is 2.38. The molecule has 0 saturated carbocycles. The number of carbonyl (C=O) groups excluding carboxylic acids is 1. The molecule has 134 valence electrons. The Morgan fingerprint density at radius 2 is 1.78 bits per heavy atom. The average Bonchev–Trinajstić information content (AvgIpc) is 2.34. The van der Waals surface area contributed by atoms with Crippen molar-refractivity contribution in [3.63, 3.8) is 0 Å². The van der Waals surface area contributed by atoms with E-state index in [1.54, 1.807) is 20.8 Å². The van der Waals surface area contributed by atoms with Gasteiger partial charge in [0.15, 0.2) is 0 Å². The summed E-state index contributed by atoms with van der Waals surface area (Å²) in [6, 6.07) is 0. The SMILES string of the molecule is CC(C)(C)C[SH+]OC1CC(C(=O)O)CN(C(=O)OC(C)(C)C)C1. The molecular formula is C16H30NO5S+. The number of thiol groups is 1. The minimum absolute atomic E-state index is 0.146. The Balaban J connectivity index is 2.65. The zero-order valence-corrected chi connectivity index (χ0v) is 15.9. The summed E-state index contributed by atoms with van der Waals surface area (Å²) in [7, 11) is 0. The average molecular weight is 348 g/mol. The van der Waals surface area contributed by atoms with Crippen LogP contribution < -0.4 is 0 Å². The van der Waals surface area contributed by atoms with Gasteiger partial charge in [-0.15, -0.1) is 0 Å². The second-order valence-corrected chi connectivity index (χ2v) is 9.02. The zero-order chi connectivity index (χ0) is 17.8. The van der Waals surface area contributed by atoms with Crippen LogP contribution in [0.4, 0.5) is 4.79 Å². The monoisotopic (exact) mass is 348 g/mol. The third-order valence-corrected chi connectivity index (χ3v) is 4.70. The largest absolute Gasteiger partial charge is 0.481 e. The molecule has 0 spiro atoms. The minimum atomic E-state index is -0.903. The molecule has 1 saturated heterocycles. The lowest BCUT2D eigenvalue weighted by Gasteiger charge is -2.35. The summed E-state index contributed by atoms with van der Waals surface area (Å²) in [4.78, 5) is 25.0. The number of hydrogen-bond donors (Lipinski definition) is 1. The van der Waals surface area contributed by atoms with Gasteiger partial charge in [0.05, 0.1) is 12.5 Å². The van der Waals surface area contributed by atoms with Gasteiger partial charge in [-0.2, -0.15) is 4.18 Å². The van der Waals surface area contributed by atoms with Crippen LogP contribution in [0.5, 0.6) is 0 Å². The highest BCUT2D eigenvalue weighted by atomic mass is 32.2. The number of carboxylic acid groups (broad SMARTS) is 1. The molecule has 0 aromatic rings. The first-order valence-electron chi connectivity index (χ1n) is 7.91. The van der Waals surface area contributed by atoms with Crippen molar-refractivity contribution >= 4 is 24.1 Å². The van der Waals surface area contributed by atoms with Gasteiger partial charge in [0.1, 0.15) is 29.5 Å². The van der Waals surface area contributed by atoms with E-state index in [2.05, 4.69) is 20.8 Å². The number of aliphatic carboxylic acids is 1. The predicted octanol–water partition coefficient (Wildman–Crippen LogP) is 2.49. The summed E-state index contributed by atoms with van der Waals surface area (Å²) in [6.45, 7) is 12.3. The number of likely N-dealkylation sites (tertiary alicyclic amines) is 1. The van der Waals surface area contributed by atoms with E-state index < -0.39 is 23.6 Å². The van der Waals surface area contributed by atoms with Gasteiger partial charge in [-0.3, -0.25) is 4.79 Å². The van der Waals surface area contributed by atoms with Gasteiger partial charge in [0.2, 0.25) is 0 Å². The molecule has 0 bridgehead atoms. The van der Waals surface area contributed by atoms with Gasteiger partial charge in [-0.25, -0.2) is 4.79 Å².